The molecule has 0 heterocycles. The van der Waals surface area contributed by atoms with Crippen molar-refractivity contribution in [2.45, 2.75) is 0 Å². The second kappa shape index (κ2) is 2.88. The summed E-state index contributed by atoms with van der Waals surface area (Å²) < 4.78 is 12.5. The van der Waals surface area contributed by atoms with Crippen LogP contribution in [0.3, 0.4) is 0 Å². The fourth-order valence-corrected chi connectivity index (χ4v) is 0.799. The van der Waals surface area contributed by atoms with Crippen LogP contribution in [0.4, 0.5) is 4.39 Å². The van der Waals surface area contributed by atoms with Crippen molar-refractivity contribution in [2.75, 3.05) is 0 Å². The van der Waals surface area contributed by atoms with Gasteiger partial charge in [0.2, 0.25) is 0 Å². The summed E-state index contributed by atoms with van der Waals surface area (Å²) in [7, 11) is 0. The van der Waals surface area contributed by atoms with Gasteiger partial charge in [-0.05, 0) is 18.2 Å². The molecule has 1 N–H and O–H groups in total. The highest BCUT2D eigenvalue weighted by Crippen LogP contribution is 2.18. The van der Waals surface area contributed by atoms with Crippen molar-refractivity contribution in [1.29, 1.82) is 0 Å². The first-order valence-electron chi connectivity index (χ1n) is 2.71. The number of hydrogen-bond donors (Lipinski definition) is 1. The molecule has 0 aliphatic rings. The Morgan fingerprint density at radius 2 is 2.27 bits per heavy atom. The molecule has 0 amide bonds. The SMILES string of the molecule is O=C(O)c1c[c]cc(F)c1Cl. The predicted molar refractivity (Wildman–Crippen MR) is 37.2 cm³/mol. The Morgan fingerprint density at radius 3 is 2.73 bits per heavy atom. The highest BCUT2D eigenvalue weighted by atomic mass is 35.5. The molecule has 4 heteroatoms. The molecule has 0 aliphatic carbocycles. The Kier molecular flexibility index (Phi) is 2.10. The summed E-state index contributed by atoms with van der Waals surface area (Å²) in [5.41, 5.74) is -0.272. The van der Waals surface area contributed by atoms with Crippen molar-refractivity contribution in [3.05, 3.63) is 34.6 Å². The number of hydrogen-bond acceptors (Lipinski definition) is 1. The molecule has 57 valence electrons. The van der Waals surface area contributed by atoms with Crippen LogP contribution in [0.2, 0.25) is 5.02 Å². The van der Waals surface area contributed by atoms with E-state index in [1.54, 1.807) is 0 Å². The smallest absolute Gasteiger partial charge is 0.337 e. The van der Waals surface area contributed by atoms with Crippen molar-refractivity contribution in [1.82, 2.24) is 0 Å². The first-order valence-corrected chi connectivity index (χ1v) is 3.09. The van der Waals surface area contributed by atoms with Gasteiger partial charge in [0.1, 0.15) is 5.82 Å². The van der Waals surface area contributed by atoms with E-state index in [4.69, 9.17) is 16.7 Å². The summed E-state index contributed by atoms with van der Waals surface area (Å²) in [6.45, 7) is 0. The van der Waals surface area contributed by atoms with Gasteiger partial charge < -0.3 is 5.11 Å². The number of carboxylic acids is 1. The lowest BCUT2D eigenvalue weighted by Crippen LogP contribution is -1.98. The van der Waals surface area contributed by atoms with Gasteiger partial charge in [-0.1, -0.05) is 11.6 Å². The van der Waals surface area contributed by atoms with Gasteiger partial charge in [-0.2, -0.15) is 0 Å². The molecular weight excluding hydrogens is 171 g/mol. The average molecular weight is 174 g/mol. The van der Waals surface area contributed by atoms with Gasteiger partial charge in [0.25, 0.3) is 0 Å². The van der Waals surface area contributed by atoms with Gasteiger partial charge in [-0.25, -0.2) is 9.18 Å². The number of benzene rings is 1. The molecule has 0 aromatic heterocycles. The third-order valence-electron chi connectivity index (χ3n) is 1.11. The molecule has 1 aromatic rings. The zero-order valence-corrected chi connectivity index (χ0v) is 6.02. The molecular formula is C7H3ClFO2. The van der Waals surface area contributed by atoms with E-state index in [1.165, 1.54) is 0 Å². The summed E-state index contributed by atoms with van der Waals surface area (Å²) in [5, 5.41) is 8.04. The zero-order valence-electron chi connectivity index (χ0n) is 5.27. The van der Waals surface area contributed by atoms with Crippen molar-refractivity contribution < 1.29 is 14.3 Å². The van der Waals surface area contributed by atoms with Gasteiger partial charge >= 0.3 is 5.97 Å². The van der Waals surface area contributed by atoms with Crippen LogP contribution < -0.4 is 0 Å². The predicted octanol–water partition coefficient (Wildman–Crippen LogP) is 1.98. The summed E-state index contributed by atoms with van der Waals surface area (Å²) >= 11 is 5.31. The van der Waals surface area contributed by atoms with Crippen LogP contribution in [0.1, 0.15) is 10.4 Å². The maximum absolute atomic E-state index is 12.5. The van der Waals surface area contributed by atoms with Crippen molar-refractivity contribution >= 4 is 17.6 Å². The number of rotatable bonds is 1. The highest BCUT2D eigenvalue weighted by molar-refractivity contribution is 6.33. The molecule has 0 unspecified atom stereocenters. The zero-order chi connectivity index (χ0) is 8.43. The van der Waals surface area contributed by atoms with Crippen LogP contribution >= 0.6 is 11.6 Å². The number of carbonyl (C=O) groups is 1. The van der Waals surface area contributed by atoms with E-state index in [1.807, 2.05) is 0 Å². The van der Waals surface area contributed by atoms with Crippen molar-refractivity contribution in [3.63, 3.8) is 0 Å². The Morgan fingerprint density at radius 1 is 1.64 bits per heavy atom. The lowest BCUT2D eigenvalue weighted by Gasteiger charge is -1.96. The van der Waals surface area contributed by atoms with E-state index in [0.717, 1.165) is 12.1 Å². The second-order valence-electron chi connectivity index (χ2n) is 1.84. The van der Waals surface area contributed by atoms with E-state index in [0.29, 0.717) is 0 Å². The van der Waals surface area contributed by atoms with Gasteiger partial charge in [0.15, 0.2) is 0 Å². The lowest BCUT2D eigenvalue weighted by atomic mass is 10.2. The van der Waals surface area contributed by atoms with Crippen LogP contribution in [-0.2, 0) is 0 Å². The van der Waals surface area contributed by atoms with E-state index in [9.17, 15) is 9.18 Å². The second-order valence-corrected chi connectivity index (χ2v) is 2.21. The fourth-order valence-electron chi connectivity index (χ4n) is 0.609. The van der Waals surface area contributed by atoms with E-state index < -0.39 is 11.8 Å². The Hall–Kier alpha value is -1.09. The molecule has 0 saturated heterocycles. The molecule has 0 fully saturated rings. The Bertz CT molecular complexity index is 298. The standard InChI is InChI=1S/C7H3ClFO2/c8-6-4(7(10)11)2-1-3-5(6)9/h2-3H,(H,10,11). The molecule has 0 bridgehead atoms. The number of carboxylic acid groups (broad SMARTS) is 1. The third-order valence-corrected chi connectivity index (χ3v) is 1.50. The van der Waals surface area contributed by atoms with Gasteiger partial charge in [0.05, 0.1) is 10.6 Å². The third kappa shape index (κ3) is 1.49. The minimum Gasteiger partial charge on any atom is -0.478 e. The van der Waals surface area contributed by atoms with Crippen molar-refractivity contribution in [2.24, 2.45) is 0 Å². The van der Waals surface area contributed by atoms with Crippen LogP contribution in [0.25, 0.3) is 0 Å². The monoisotopic (exact) mass is 173 g/mol. The normalized spacial score (nSPS) is 9.64. The molecule has 1 radical (unpaired) electrons. The topological polar surface area (TPSA) is 37.3 Å². The van der Waals surface area contributed by atoms with E-state index in [2.05, 4.69) is 6.07 Å². The molecule has 0 aliphatic heterocycles. The maximum Gasteiger partial charge on any atom is 0.337 e. The highest BCUT2D eigenvalue weighted by Gasteiger charge is 2.10. The number of aromatic carboxylic acids is 1. The largest absolute Gasteiger partial charge is 0.478 e. The Balaban J connectivity index is 3.27. The van der Waals surface area contributed by atoms with Gasteiger partial charge in [-0.3, -0.25) is 0 Å². The van der Waals surface area contributed by atoms with Crippen LogP contribution in [-0.4, -0.2) is 11.1 Å². The van der Waals surface area contributed by atoms with Gasteiger partial charge in [-0.15, -0.1) is 0 Å². The van der Waals surface area contributed by atoms with Crippen LogP contribution in [0, 0.1) is 11.9 Å². The molecule has 0 saturated carbocycles. The van der Waals surface area contributed by atoms with Crippen molar-refractivity contribution in [3.8, 4) is 0 Å². The summed E-state index contributed by atoms with van der Waals surface area (Å²) in [5.74, 6) is -2.03. The summed E-state index contributed by atoms with van der Waals surface area (Å²) in [4.78, 5) is 10.3. The van der Waals surface area contributed by atoms with Crippen LogP contribution in [0.15, 0.2) is 12.1 Å². The molecule has 1 aromatic carbocycles. The molecule has 11 heavy (non-hydrogen) atoms. The summed E-state index contributed by atoms with van der Waals surface area (Å²) in [6, 6.07) is 4.41. The average Bonchev–Trinajstić information content (AvgIpc) is 1.94. The first kappa shape index (κ1) is 8.01. The minimum atomic E-state index is -1.26. The van der Waals surface area contributed by atoms with E-state index in [-0.39, 0.29) is 10.6 Å². The van der Waals surface area contributed by atoms with Gasteiger partial charge in [0, 0.05) is 0 Å². The lowest BCUT2D eigenvalue weighted by molar-refractivity contribution is 0.0696. The number of halogens is 2. The molecule has 0 atom stereocenters. The Labute approximate surface area is 67.2 Å². The molecule has 1 rings (SSSR count). The van der Waals surface area contributed by atoms with Crippen LogP contribution in [0.5, 0.6) is 0 Å². The van der Waals surface area contributed by atoms with E-state index >= 15 is 0 Å². The minimum absolute atomic E-state index is 0.272. The fraction of sp³-hybridized carbons (Fsp3) is 0. The first-order chi connectivity index (χ1) is 5.13. The maximum atomic E-state index is 12.5. The molecule has 0 spiro atoms. The summed E-state index contributed by atoms with van der Waals surface area (Å²) in [6.07, 6.45) is 0. The quantitative estimate of drug-likeness (QED) is 0.705. The molecule has 2 nitrogen and oxygen atoms in total.